The van der Waals surface area contributed by atoms with E-state index in [-0.39, 0.29) is 47.9 Å². The molecular formula is C12H17Cl2FN2O2. The van der Waals surface area contributed by atoms with Gasteiger partial charge in [0.2, 0.25) is 5.91 Å². The van der Waals surface area contributed by atoms with Crippen molar-refractivity contribution in [3.8, 4) is 0 Å². The minimum absolute atomic E-state index is 0. The molecule has 0 radical (unpaired) electrons. The molecule has 1 amide bonds. The van der Waals surface area contributed by atoms with E-state index in [9.17, 15) is 14.3 Å². The highest BCUT2D eigenvalue weighted by molar-refractivity contribution is 6.31. The van der Waals surface area contributed by atoms with Crippen molar-refractivity contribution in [2.75, 3.05) is 6.54 Å². The van der Waals surface area contributed by atoms with Crippen molar-refractivity contribution in [3.05, 3.63) is 34.6 Å². The van der Waals surface area contributed by atoms with Gasteiger partial charge in [0.05, 0.1) is 0 Å². The summed E-state index contributed by atoms with van der Waals surface area (Å²) in [5.41, 5.74) is 5.44. The average molecular weight is 311 g/mol. The fraction of sp³-hybridized carbons (Fsp3) is 0.417. The summed E-state index contributed by atoms with van der Waals surface area (Å²) in [4.78, 5) is 11.3. The summed E-state index contributed by atoms with van der Waals surface area (Å²) in [6.45, 7) is 1.59. The summed E-state index contributed by atoms with van der Waals surface area (Å²) in [6.07, 6.45) is -1.03. The highest BCUT2D eigenvalue weighted by atomic mass is 35.5. The third kappa shape index (κ3) is 5.74. The monoisotopic (exact) mass is 310 g/mol. The summed E-state index contributed by atoms with van der Waals surface area (Å²) in [5, 5.41) is 12.4. The Morgan fingerprint density at radius 3 is 2.74 bits per heavy atom. The quantitative estimate of drug-likeness (QED) is 0.776. The lowest BCUT2D eigenvalue weighted by molar-refractivity contribution is -0.121. The Balaban J connectivity index is 0.00000324. The Labute approximate surface area is 122 Å². The van der Waals surface area contributed by atoms with Crippen LogP contribution in [0.3, 0.4) is 0 Å². The molecular weight excluding hydrogens is 294 g/mol. The first-order chi connectivity index (χ1) is 8.41. The van der Waals surface area contributed by atoms with Crippen LogP contribution >= 0.6 is 24.0 Å². The Morgan fingerprint density at radius 2 is 2.21 bits per heavy atom. The maximum atomic E-state index is 13.5. The summed E-state index contributed by atoms with van der Waals surface area (Å²) in [5.74, 6) is -0.895. The predicted molar refractivity (Wildman–Crippen MR) is 74.9 cm³/mol. The molecule has 0 fully saturated rings. The third-order valence-corrected chi connectivity index (χ3v) is 2.66. The van der Waals surface area contributed by atoms with Gasteiger partial charge in [-0.1, -0.05) is 17.7 Å². The van der Waals surface area contributed by atoms with Crippen LogP contribution in [0, 0.1) is 5.82 Å². The third-order valence-electron chi connectivity index (χ3n) is 2.33. The van der Waals surface area contributed by atoms with Gasteiger partial charge < -0.3 is 16.2 Å². The minimum Gasteiger partial charge on any atom is -0.386 e. The zero-order valence-electron chi connectivity index (χ0n) is 10.4. The lowest BCUT2D eigenvalue weighted by Crippen LogP contribution is -2.33. The van der Waals surface area contributed by atoms with Crippen LogP contribution in [0.15, 0.2) is 18.2 Å². The summed E-state index contributed by atoms with van der Waals surface area (Å²) < 4.78 is 13.5. The van der Waals surface area contributed by atoms with Gasteiger partial charge in [0.15, 0.2) is 0 Å². The molecule has 0 aliphatic carbocycles. The van der Waals surface area contributed by atoms with Gasteiger partial charge in [-0.2, -0.15) is 0 Å². The second kappa shape index (κ2) is 8.32. The molecule has 1 aromatic carbocycles. The van der Waals surface area contributed by atoms with Crippen molar-refractivity contribution in [2.45, 2.75) is 25.5 Å². The number of hydrogen-bond donors (Lipinski definition) is 3. The summed E-state index contributed by atoms with van der Waals surface area (Å²) >= 11 is 5.79. The molecule has 2 atom stereocenters. The minimum atomic E-state index is -1.18. The number of aliphatic hydroxyl groups is 1. The molecule has 19 heavy (non-hydrogen) atoms. The molecule has 0 heterocycles. The van der Waals surface area contributed by atoms with Gasteiger partial charge in [-0.3, -0.25) is 4.79 Å². The number of aliphatic hydroxyl groups excluding tert-OH is 1. The van der Waals surface area contributed by atoms with Crippen LogP contribution in [0.1, 0.15) is 25.0 Å². The van der Waals surface area contributed by atoms with Crippen LogP contribution in [-0.2, 0) is 4.79 Å². The highest BCUT2D eigenvalue weighted by Crippen LogP contribution is 2.25. The van der Waals surface area contributed by atoms with Gasteiger partial charge >= 0.3 is 0 Å². The average Bonchev–Trinajstić information content (AvgIpc) is 2.25. The first kappa shape index (κ1) is 18.1. The zero-order valence-corrected chi connectivity index (χ0v) is 12.0. The van der Waals surface area contributed by atoms with E-state index in [1.807, 2.05) is 0 Å². The van der Waals surface area contributed by atoms with Crippen LogP contribution in [0.4, 0.5) is 4.39 Å². The predicted octanol–water partition coefficient (Wildman–Crippen LogP) is 1.79. The molecule has 7 heteroatoms. The molecule has 0 aromatic heterocycles. The normalized spacial score (nSPS) is 13.3. The topological polar surface area (TPSA) is 75.4 Å². The Morgan fingerprint density at radius 1 is 1.58 bits per heavy atom. The van der Waals surface area contributed by atoms with Crippen LogP contribution in [0.25, 0.3) is 0 Å². The van der Waals surface area contributed by atoms with E-state index in [1.165, 1.54) is 18.2 Å². The fourth-order valence-electron chi connectivity index (χ4n) is 1.51. The van der Waals surface area contributed by atoms with Crippen LogP contribution < -0.4 is 11.1 Å². The second-order valence-corrected chi connectivity index (χ2v) is 4.54. The van der Waals surface area contributed by atoms with Crippen LogP contribution in [0.5, 0.6) is 0 Å². The second-order valence-electron chi connectivity index (χ2n) is 4.14. The van der Waals surface area contributed by atoms with Crippen molar-refractivity contribution in [2.24, 2.45) is 5.73 Å². The van der Waals surface area contributed by atoms with Crippen molar-refractivity contribution >= 4 is 29.9 Å². The van der Waals surface area contributed by atoms with Crippen LogP contribution in [-0.4, -0.2) is 23.6 Å². The van der Waals surface area contributed by atoms with E-state index in [2.05, 4.69) is 5.32 Å². The maximum Gasteiger partial charge on any atom is 0.221 e. The molecule has 1 aromatic rings. The lowest BCUT2D eigenvalue weighted by Gasteiger charge is -2.15. The molecule has 4 N–H and O–H groups in total. The molecule has 0 aliphatic heterocycles. The van der Waals surface area contributed by atoms with Crippen molar-refractivity contribution in [1.82, 2.24) is 5.32 Å². The molecule has 108 valence electrons. The maximum absolute atomic E-state index is 13.5. The van der Waals surface area contributed by atoms with E-state index in [1.54, 1.807) is 6.92 Å². The van der Waals surface area contributed by atoms with Crippen molar-refractivity contribution in [1.29, 1.82) is 0 Å². The Kier molecular flexibility index (Phi) is 7.94. The van der Waals surface area contributed by atoms with Gasteiger partial charge in [0, 0.05) is 29.6 Å². The fourth-order valence-corrected chi connectivity index (χ4v) is 1.80. The molecule has 4 nitrogen and oxygen atoms in total. The Bertz CT molecular complexity index is 410. The molecule has 1 rings (SSSR count). The van der Waals surface area contributed by atoms with Crippen LogP contribution in [0.2, 0.25) is 5.02 Å². The summed E-state index contributed by atoms with van der Waals surface area (Å²) in [7, 11) is 0. The number of carbonyl (C=O) groups is 1. The van der Waals surface area contributed by atoms with E-state index >= 15 is 0 Å². The number of hydrogen-bond acceptors (Lipinski definition) is 3. The molecule has 0 saturated carbocycles. The van der Waals surface area contributed by atoms with Gasteiger partial charge in [-0.05, 0) is 19.1 Å². The van der Waals surface area contributed by atoms with Gasteiger partial charge in [-0.15, -0.1) is 12.4 Å². The first-order valence-electron chi connectivity index (χ1n) is 5.56. The molecule has 0 bridgehead atoms. The molecule has 2 unspecified atom stereocenters. The standard InChI is InChI=1S/C12H16ClFN2O2.ClH/c1-7(15)5-11(18)16-6-10(17)12-8(13)3-2-4-9(12)14;/h2-4,7,10,17H,5-6,15H2,1H3,(H,16,18);1H. The van der Waals surface area contributed by atoms with E-state index in [0.29, 0.717) is 0 Å². The van der Waals surface area contributed by atoms with Gasteiger partial charge in [0.25, 0.3) is 0 Å². The zero-order chi connectivity index (χ0) is 13.7. The number of halogens is 3. The number of nitrogens with two attached hydrogens (primary N) is 1. The summed E-state index contributed by atoms with van der Waals surface area (Å²) in [6, 6.07) is 3.86. The number of benzene rings is 1. The SMILES string of the molecule is CC(N)CC(=O)NCC(O)c1c(F)cccc1Cl.Cl. The van der Waals surface area contributed by atoms with E-state index < -0.39 is 11.9 Å². The van der Waals surface area contributed by atoms with Gasteiger partial charge in [-0.25, -0.2) is 4.39 Å². The van der Waals surface area contributed by atoms with Crippen molar-refractivity contribution < 1.29 is 14.3 Å². The lowest BCUT2D eigenvalue weighted by atomic mass is 10.1. The Hall–Kier alpha value is -0.880. The highest BCUT2D eigenvalue weighted by Gasteiger charge is 2.17. The number of nitrogens with one attached hydrogen (secondary N) is 1. The number of amides is 1. The smallest absolute Gasteiger partial charge is 0.221 e. The molecule has 0 aliphatic rings. The largest absolute Gasteiger partial charge is 0.386 e. The molecule has 0 saturated heterocycles. The number of rotatable bonds is 5. The van der Waals surface area contributed by atoms with E-state index in [0.717, 1.165) is 0 Å². The first-order valence-corrected chi connectivity index (χ1v) is 5.94. The van der Waals surface area contributed by atoms with E-state index in [4.69, 9.17) is 17.3 Å². The van der Waals surface area contributed by atoms with Crippen molar-refractivity contribution in [3.63, 3.8) is 0 Å². The number of carbonyl (C=O) groups excluding carboxylic acids is 1. The van der Waals surface area contributed by atoms with Gasteiger partial charge in [0.1, 0.15) is 11.9 Å². The molecule has 0 spiro atoms.